The maximum absolute atomic E-state index is 9.36. The summed E-state index contributed by atoms with van der Waals surface area (Å²) in [5, 5.41) is 9.36. The number of allylic oxidation sites excluding steroid dienone is 8. The van der Waals surface area contributed by atoms with Gasteiger partial charge in [0, 0.05) is 0 Å². The molecule has 0 bridgehead atoms. The van der Waals surface area contributed by atoms with E-state index >= 15 is 0 Å². The molecular weight excluding hydrogens is 423 g/mol. The minimum absolute atomic E-state index is 0. The third kappa shape index (κ3) is 19.9. The molecular formula is C24H34Cl2OTi. The van der Waals surface area contributed by atoms with Crippen molar-refractivity contribution in [2.75, 3.05) is 0 Å². The second-order valence-electron chi connectivity index (χ2n) is 7.31. The SMILES string of the molecule is C[C](C)=[Ti+2].Cc1cc(O)cc(C(C)(C)C)c1.Cl.Cl.[C-]1=CC=CC1.[C-]1=CC=CC1. The molecule has 0 spiro atoms. The molecule has 0 unspecified atom stereocenters. The number of phenolic OH excluding ortho intramolecular Hbond substituents is 1. The van der Waals surface area contributed by atoms with Gasteiger partial charge in [-0.3, -0.25) is 12.2 Å². The fraction of sp³-hybridized carbons (Fsp3) is 0.375. The summed E-state index contributed by atoms with van der Waals surface area (Å²) < 4.78 is 1.42. The normalized spacial score (nSPS) is 12.3. The third-order valence-electron chi connectivity index (χ3n) is 3.10. The first-order chi connectivity index (χ1) is 12.1. The molecule has 1 N–H and O–H groups in total. The molecule has 0 aromatic heterocycles. The second-order valence-corrected chi connectivity index (χ2v) is 8.87. The summed E-state index contributed by atoms with van der Waals surface area (Å²) in [6.07, 6.45) is 20.0. The third-order valence-corrected chi connectivity index (χ3v) is 3.10. The van der Waals surface area contributed by atoms with Crippen LogP contribution < -0.4 is 0 Å². The Bertz CT molecular complexity index is 599. The largest absolute Gasteiger partial charge is 0.508 e. The van der Waals surface area contributed by atoms with Gasteiger partial charge in [0.2, 0.25) is 0 Å². The zero-order valence-electron chi connectivity index (χ0n) is 17.9. The molecule has 0 amide bonds. The van der Waals surface area contributed by atoms with Crippen LogP contribution in [-0.4, -0.2) is 8.92 Å². The van der Waals surface area contributed by atoms with E-state index in [1.54, 1.807) is 6.07 Å². The van der Waals surface area contributed by atoms with E-state index < -0.39 is 0 Å². The van der Waals surface area contributed by atoms with Gasteiger partial charge in [-0.2, -0.15) is 12.2 Å². The molecule has 28 heavy (non-hydrogen) atoms. The number of rotatable bonds is 0. The molecule has 0 atom stereocenters. The zero-order valence-corrected chi connectivity index (χ0v) is 21.1. The van der Waals surface area contributed by atoms with Gasteiger partial charge in [-0.05, 0) is 35.6 Å². The molecule has 3 rings (SSSR count). The van der Waals surface area contributed by atoms with Crippen molar-refractivity contribution in [1.29, 1.82) is 0 Å². The van der Waals surface area contributed by atoms with Crippen molar-refractivity contribution in [3.05, 3.63) is 77.9 Å². The molecule has 0 fully saturated rings. The quantitative estimate of drug-likeness (QED) is 0.323. The Balaban J connectivity index is -0.000000327. The molecule has 2 aliphatic carbocycles. The predicted molar refractivity (Wildman–Crippen MR) is 126 cm³/mol. The molecule has 2 aliphatic rings. The zero-order chi connectivity index (χ0) is 20.0. The molecule has 1 nitrogen and oxygen atoms in total. The van der Waals surface area contributed by atoms with Crippen LogP contribution in [0.1, 0.15) is 58.6 Å². The topological polar surface area (TPSA) is 20.2 Å². The van der Waals surface area contributed by atoms with Crippen molar-refractivity contribution < 1.29 is 25.1 Å². The van der Waals surface area contributed by atoms with Gasteiger partial charge in [-0.25, -0.2) is 24.3 Å². The van der Waals surface area contributed by atoms with Crippen molar-refractivity contribution in [2.24, 2.45) is 0 Å². The summed E-state index contributed by atoms with van der Waals surface area (Å²) >= 11 is 2.08. The number of halogens is 2. The first kappa shape index (κ1) is 31.8. The molecule has 154 valence electrons. The predicted octanol–water partition coefficient (Wildman–Crippen LogP) is 7.20. The van der Waals surface area contributed by atoms with Gasteiger partial charge in [0.05, 0.1) is 0 Å². The van der Waals surface area contributed by atoms with E-state index in [1.807, 2.05) is 37.3 Å². The molecule has 1 aromatic rings. The number of phenols is 1. The number of hydrogen-bond donors (Lipinski definition) is 1. The van der Waals surface area contributed by atoms with Gasteiger partial charge in [0.15, 0.2) is 0 Å². The molecule has 0 aliphatic heterocycles. The maximum Gasteiger partial charge on any atom is 0.116 e. The number of benzene rings is 1. The van der Waals surface area contributed by atoms with E-state index in [0.717, 1.165) is 18.4 Å². The van der Waals surface area contributed by atoms with Crippen LogP contribution in [-0.2, 0) is 25.4 Å². The van der Waals surface area contributed by atoms with Crippen LogP contribution in [0.25, 0.3) is 0 Å². The Morgan fingerprint density at radius 3 is 1.57 bits per heavy atom. The van der Waals surface area contributed by atoms with Gasteiger partial charge in [-0.15, -0.1) is 37.7 Å². The first-order valence-electron chi connectivity index (χ1n) is 8.89. The van der Waals surface area contributed by atoms with E-state index in [-0.39, 0.29) is 30.2 Å². The molecule has 0 heterocycles. The first-order valence-corrected chi connectivity index (χ1v) is 9.67. The number of hydrogen-bond acceptors (Lipinski definition) is 1. The monoisotopic (exact) mass is 456 g/mol. The summed E-state index contributed by atoms with van der Waals surface area (Å²) in [6.45, 7) is 12.6. The summed E-state index contributed by atoms with van der Waals surface area (Å²) in [4.78, 5) is 0. The average molecular weight is 457 g/mol. The van der Waals surface area contributed by atoms with Gasteiger partial charge in [0.25, 0.3) is 0 Å². The standard InChI is InChI=1S/C11H16O.2C5H5.C3H6.2ClH.Ti/c1-8-5-9(11(2,3)4)7-10(12)6-8;2*1-2-4-5-3-1;1-3-2;;;/h5-7,12H,1-4H3;2*1-3H,4H2;1-2H3;2*1H;/q;2*-1;;;;+2. The van der Waals surface area contributed by atoms with E-state index in [2.05, 4.69) is 85.0 Å². The van der Waals surface area contributed by atoms with Crippen LogP contribution in [0.4, 0.5) is 0 Å². The van der Waals surface area contributed by atoms with Gasteiger partial charge >= 0.3 is 37.6 Å². The summed E-state index contributed by atoms with van der Waals surface area (Å²) in [5.41, 5.74) is 2.41. The van der Waals surface area contributed by atoms with E-state index in [9.17, 15) is 5.11 Å². The van der Waals surface area contributed by atoms with Gasteiger partial charge in [0.1, 0.15) is 5.75 Å². The maximum atomic E-state index is 9.36. The van der Waals surface area contributed by atoms with Gasteiger partial charge in [-0.1, -0.05) is 26.8 Å². The van der Waals surface area contributed by atoms with Crippen LogP contribution in [0.3, 0.4) is 0 Å². The van der Waals surface area contributed by atoms with Crippen molar-refractivity contribution in [1.82, 2.24) is 0 Å². The molecule has 0 radical (unpaired) electrons. The van der Waals surface area contributed by atoms with Crippen molar-refractivity contribution >= 4 is 28.6 Å². The Morgan fingerprint density at radius 2 is 1.36 bits per heavy atom. The minimum Gasteiger partial charge on any atom is -0.508 e. The van der Waals surface area contributed by atoms with Crippen LogP contribution >= 0.6 is 24.8 Å². The van der Waals surface area contributed by atoms with Crippen LogP contribution in [0.2, 0.25) is 0 Å². The Morgan fingerprint density at radius 1 is 0.929 bits per heavy atom. The summed E-state index contributed by atoms with van der Waals surface area (Å²) in [5.74, 6) is 0.361. The summed E-state index contributed by atoms with van der Waals surface area (Å²) in [6, 6.07) is 5.71. The van der Waals surface area contributed by atoms with Crippen molar-refractivity contribution in [3.63, 3.8) is 0 Å². The smallest absolute Gasteiger partial charge is 0.116 e. The molecule has 4 heteroatoms. The van der Waals surface area contributed by atoms with Crippen molar-refractivity contribution in [3.8, 4) is 5.75 Å². The number of aryl methyl sites for hydroxylation is 1. The van der Waals surface area contributed by atoms with Crippen molar-refractivity contribution in [2.45, 2.75) is 59.8 Å². The molecule has 0 saturated carbocycles. The Hall–Kier alpha value is -0.856. The molecule has 1 aromatic carbocycles. The number of aromatic hydroxyl groups is 1. The van der Waals surface area contributed by atoms with Gasteiger partial charge < -0.3 is 5.11 Å². The second kappa shape index (κ2) is 18.2. The van der Waals surface area contributed by atoms with E-state index in [0.29, 0.717) is 5.75 Å². The van der Waals surface area contributed by atoms with Crippen LogP contribution in [0, 0.1) is 19.1 Å². The van der Waals surface area contributed by atoms with E-state index in [1.165, 1.54) is 9.37 Å². The molecule has 0 saturated heterocycles. The van der Waals surface area contributed by atoms with E-state index in [4.69, 9.17) is 0 Å². The Kier molecular flexibility index (Phi) is 20.7. The fourth-order valence-corrected chi connectivity index (χ4v) is 1.88. The minimum atomic E-state index is 0. The van der Waals surface area contributed by atoms with Crippen LogP contribution in [0.5, 0.6) is 5.75 Å². The Labute approximate surface area is 196 Å². The summed E-state index contributed by atoms with van der Waals surface area (Å²) in [7, 11) is 0. The fourth-order valence-electron chi connectivity index (χ4n) is 1.88. The average Bonchev–Trinajstić information content (AvgIpc) is 3.24. The van der Waals surface area contributed by atoms with Crippen LogP contribution in [0.15, 0.2) is 54.7 Å².